The van der Waals surface area contributed by atoms with E-state index in [2.05, 4.69) is 9.97 Å². The highest BCUT2D eigenvalue weighted by Crippen LogP contribution is 2.24. The number of aromatic hydroxyl groups is 1. The third-order valence-electron chi connectivity index (χ3n) is 2.93. The fourth-order valence-corrected chi connectivity index (χ4v) is 2.03. The summed E-state index contributed by atoms with van der Waals surface area (Å²) in [7, 11) is 0. The number of rotatable bonds is 4. The van der Waals surface area contributed by atoms with Gasteiger partial charge in [-0.05, 0) is 25.0 Å². The number of H-pyrrole nitrogens is 1. The average molecular weight is 274 g/mol. The molecule has 0 amide bonds. The molecule has 0 aliphatic carbocycles. The Morgan fingerprint density at radius 3 is 2.75 bits per heavy atom. The fourth-order valence-electron chi connectivity index (χ4n) is 2.03. The van der Waals surface area contributed by atoms with Crippen molar-refractivity contribution in [2.75, 3.05) is 6.61 Å². The molecule has 20 heavy (non-hydrogen) atoms. The third-order valence-corrected chi connectivity index (χ3v) is 2.93. The van der Waals surface area contributed by atoms with Crippen LogP contribution >= 0.6 is 0 Å². The summed E-state index contributed by atoms with van der Waals surface area (Å²) < 4.78 is 5.41. The van der Waals surface area contributed by atoms with Crippen LogP contribution in [0, 0.1) is 0 Å². The van der Waals surface area contributed by atoms with E-state index in [4.69, 9.17) is 4.74 Å². The standard InChI is InChI=1S/C15H18N2O3/c1-4-20-11-7-5-6-10(8-11)13-16-14(18)12(9(2)3)15(19)17-13/h5-9H,4H2,1-3H3,(H2,16,17,18,19). The van der Waals surface area contributed by atoms with Gasteiger partial charge in [0.1, 0.15) is 11.6 Å². The van der Waals surface area contributed by atoms with Crippen molar-refractivity contribution in [3.63, 3.8) is 0 Å². The molecular formula is C15H18N2O3. The predicted octanol–water partition coefficient (Wildman–Crippen LogP) is 2.66. The Kier molecular flexibility index (Phi) is 4.08. The minimum absolute atomic E-state index is 0.0879. The van der Waals surface area contributed by atoms with Gasteiger partial charge in [-0.3, -0.25) is 4.79 Å². The molecule has 106 valence electrons. The first-order valence-corrected chi connectivity index (χ1v) is 6.59. The zero-order chi connectivity index (χ0) is 14.7. The number of hydrogen-bond donors (Lipinski definition) is 2. The van der Waals surface area contributed by atoms with Gasteiger partial charge in [0, 0.05) is 5.56 Å². The molecule has 1 aromatic carbocycles. The normalized spacial score (nSPS) is 10.8. The molecule has 0 fully saturated rings. The number of hydrogen-bond acceptors (Lipinski definition) is 4. The van der Waals surface area contributed by atoms with Crippen LogP contribution in [-0.4, -0.2) is 21.7 Å². The first-order valence-electron chi connectivity index (χ1n) is 6.59. The van der Waals surface area contributed by atoms with Gasteiger partial charge in [-0.2, -0.15) is 4.98 Å². The molecule has 0 unspecified atom stereocenters. The highest BCUT2D eigenvalue weighted by molar-refractivity contribution is 5.58. The van der Waals surface area contributed by atoms with Crippen LogP contribution in [0.4, 0.5) is 0 Å². The summed E-state index contributed by atoms with van der Waals surface area (Å²) in [6, 6.07) is 7.22. The Hall–Kier alpha value is -2.30. The number of benzene rings is 1. The SMILES string of the molecule is CCOc1cccc(-c2nc(O)c(C(C)C)c(=O)[nH]2)c1. The monoisotopic (exact) mass is 274 g/mol. The molecule has 0 saturated heterocycles. The lowest BCUT2D eigenvalue weighted by molar-refractivity contribution is 0.340. The first-order chi connectivity index (χ1) is 9.52. The molecular weight excluding hydrogens is 256 g/mol. The molecule has 1 aromatic heterocycles. The minimum atomic E-state index is -0.315. The molecule has 5 nitrogen and oxygen atoms in total. The lowest BCUT2D eigenvalue weighted by Crippen LogP contribution is -2.16. The third kappa shape index (κ3) is 2.82. The van der Waals surface area contributed by atoms with Crippen LogP contribution in [-0.2, 0) is 0 Å². The summed E-state index contributed by atoms with van der Waals surface area (Å²) in [4.78, 5) is 18.8. The molecule has 0 aliphatic heterocycles. The summed E-state index contributed by atoms with van der Waals surface area (Å²) >= 11 is 0. The molecule has 0 radical (unpaired) electrons. The van der Waals surface area contributed by atoms with Gasteiger partial charge in [-0.15, -0.1) is 0 Å². The summed E-state index contributed by atoms with van der Waals surface area (Å²) in [5.74, 6) is 0.717. The lowest BCUT2D eigenvalue weighted by atomic mass is 10.1. The van der Waals surface area contributed by atoms with Crippen molar-refractivity contribution >= 4 is 0 Å². The second-order valence-electron chi connectivity index (χ2n) is 4.77. The van der Waals surface area contributed by atoms with Crippen molar-refractivity contribution in [1.29, 1.82) is 0 Å². The first kappa shape index (κ1) is 14.1. The molecule has 0 atom stereocenters. The van der Waals surface area contributed by atoms with Crippen LogP contribution < -0.4 is 10.3 Å². The van der Waals surface area contributed by atoms with Gasteiger partial charge >= 0.3 is 0 Å². The quantitative estimate of drug-likeness (QED) is 0.898. The number of aromatic nitrogens is 2. The molecule has 0 saturated carbocycles. The molecule has 0 bridgehead atoms. The van der Waals surface area contributed by atoms with Gasteiger partial charge in [0.15, 0.2) is 0 Å². The van der Waals surface area contributed by atoms with Crippen LogP contribution in [0.5, 0.6) is 11.6 Å². The molecule has 1 heterocycles. The Balaban J connectivity index is 2.49. The van der Waals surface area contributed by atoms with Crippen molar-refractivity contribution in [3.8, 4) is 23.0 Å². The molecule has 2 aromatic rings. The molecule has 5 heteroatoms. The highest BCUT2D eigenvalue weighted by atomic mass is 16.5. The Labute approximate surface area is 117 Å². The van der Waals surface area contributed by atoms with Crippen molar-refractivity contribution < 1.29 is 9.84 Å². The van der Waals surface area contributed by atoms with Gasteiger partial charge in [0.2, 0.25) is 5.88 Å². The Bertz CT molecular complexity index is 662. The van der Waals surface area contributed by atoms with E-state index in [1.165, 1.54) is 0 Å². The predicted molar refractivity (Wildman–Crippen MR) is 77.2 cm³/mol. The van der Waals surface area contributed by atoms with Crippen LogP contribution in [0.2, 0.25) is 0 Å². The molecule has 0 aliphatic rings. The molecule has 2 rings (SSSR count). The van der Waals surface area contributed by atoms with Crippen molar-refractivity contribution in [2.45, 2.75) is 26.7 Å². The highest BCUT2D eigenvalue weighted by Gasteiger charge is 2.15. The lowest BCUT2D eigenvalue weighted by Gasteiger charge is -2.09. The second kappa shape index (κ2) is 5.77. The summed E-state index contributed by atoms with van der Waals surface area (Å²) in [5.41, 5.74) is 0.678. The Morgan fingerprint density at radius 2 is 2.15 bits per heavy atom. The van der Waals surface area contributed by atoms with Crippen LogP contribution in [0.25, 0.3) is 11.4 Å². The van der Waals surface area contributed by atoms with E-state index in [0.717, 1.165) is 0 Å². The molecule has 2 N–H and O–H groups in total. The van der Waals surface area contributed by atoms with Gasteiger partial charge in [-0.25, -0.2) is 0 Å². The minimum Gasteiger partial charge on any atom is -0.494 e. The largest absolute Gasteiger partial charge is 0.494 e. The van der Waals surface area contributed by atoms with Gasteiger partial charge in [-0.1, -0.05) is 26.0 Å². The zero-order valence-corrected chi connectivity index (χ0v) is 11.8. The number of ether oxygens (including phenoxy) is 1. The smallest absolute Gasteiger partial charge is 0.258 e. The van der Waals surface area contributed by atoms with E-state index in [-0.39, 0.29) is 17.4 Å². The van der Waals surface area contributed by atoms with E-state index in [1.807, 2.05) is 32.9 Å². The Morgan fingerprint density at radius 1 is 1.40 bits per heavy atom. The van der Waals surface area contributed by atoms with Gasteiger partial charge in [0.05, 0.1) is 12.2 Å². The van der Waals surface area contributed by atoms with E-state index < -0.39 is 0 Å². The molecule has 0 spiro atoms. The summed E-state index contributed by atoms with van der Waals surface area (Å²) in [6.07, 6.45) is 0. The summed E-state index contributed by atoms with van der Waals surface area (Å²) in [5, 5.41) is 9.91. The van der Waals surface area contributed by atoms with E-state index >= 15 is 0 Å². The number of nitrogens with zero attached hydrogens (tertiary/aromatic N) is 1. The van der Waals surface area contributed by atoms with Crippen LogP contribution in [0.1, 0.15) is 32.3 Å². The van der Waals surface area contributed by atoms with Crippen molar-refractivity contribution in [3.05, 3.63) is 40.2 Å². The maximum absolute atomic E-state index is 12.0. The van der Waals surface area contributed by atoms with Gasteiger partial charge in [0.25, 0.3) is 5.56 Å². The maximum Gasteiger partial charge on any atom is 0.258 e. The van der Waals surface area contributed by atoms with E-state index in [9.17, 15) is 9.90 Å². The van der Waals surface area contributed by atoms with Crippen LogP contribution in [0.15, 0.2) is 29.1 Å². The van der Waals surface area contributed by atoms with E-state index in [1.54, 1.807) is 12.1 Å². The summed E-state index contributed by atoms with van der Waals surface area (Å²) in [6.45, 7) is 6.13. The zero-order valence-electron chi connectivity index (χ0n) is 11.8. The van der Waals surface area contributed by atoms with E-state index in [0.29, 0.717) is 29.3 Å². The van der Waals surface area contributed by atoms with Crippen molar-refractivity contribution in [2.24, 2.45) is 0 Å². The average Bonchev–Trinajstić information content (AvgIpc) is 2.38. The topological polar surface area (TPSA) is 75.2 Å². The van der Waals surface area contributed by atoms with Crippen molar-refractivity contribution in [1.82, 2.24) is 9.97 Å². The fraction of sp³-hybridized carbons (Fsp3) is 0.333. The van der Waals surface area contributed by atoms with Crippen LogP contribution in [0.3, 0.4) is 0 Å². The number of nitrogens with one attached hydrogen (secondary N) is 1. The van der Waals surface area contributed by atoms with Gasteiger partial charge < -0.3 is 14.8 Å². The maximum atomic E-state index is 12.0. The second-order valence-corrected chi connectivity index (χ2v) is 4.77. The number of aromatic amines is 1.